The number of hydrogen-bond donors (Lipinski definition) is 2. The molecule has 12 heteroatoms. The predicted octanol–water partition coefficient (Wildman–Crippen LogP) is 3.39. The number of carbonyl (C=O) groups excluding carboxylic acids is 1. The van der Waals surface area contributed by atoms with Gasteiger partial charge in [0.25, 0.3) is 0 Å². The van der Waals surface area contributed by atoms with E-state index in [0.717, 1.165) is 12.1 Å². The minimum atomic E-state index is -4.81. The molecule has 0 aromatic heterocycles. The van der Waals surface area contributed by atoms with Crippen LogP contribution in [0, 0.1) is 5.41 Å². The molecular weight excluding hydrogens is 455 g/mol. The van der Waals surface area contributed by atoms with Crippen LogP contribution in [0.3, 0.4) is 0 Å². The number of carbonyl (C=O) groups is 1. The van der Waals surface area contributed by atoms with Gasteiger partial charge in [-0.3, -0.25) is 10.0 Å². The Bertz CT molecular complexity index is 1010. The third kappa shape index (κ3) is 6.84. The van der Waals surface area contributed by atoms with Crippen LogP contribution in [0.5, 0.6) is 17.2 Å². The Morgan fingerprint density at radius 2 is 1.47 bits per heavy atom. The molecule has 0 aliphatic heterocycles. The summed E-state index contributed by atoms with van der Waals surface area (Å²) in [5, 5.41) is 19.5. The second kappa shape index (κ2) is 9.76. The molecule has 32 heavy (non-hydrogen) atoms. The first-order valence-electron chi connectivity index (χ1n) is 9.17. The van der Waals surface area contributed by atoms with Gasteiger partial charge < -0.3 is 14.6 Å². The topological polar surface area (TPSA) is 113 Å². The molecule has 0 aliphatic carbocycles. The van der Waals surface area contributed by atoms with Gasteiger partial charge in [-0.1, -0.05) is 13.8 Å². The van der Waals surface area contributed by atoms with Crippen molar-refractivity contribution in [2.75, 3.05) is 12.4 Å². The molecular formula is C20H22F3NO7S. The van der Waals surface area contributed by atoms with E-state index in [1.165, 1.54) is 50.2 Å². The first kappa shape index (κ1) is 25.4. The van der Waals surface area contributed by atoms with Crippen molar-refractivity contribution in [3.8, 4) is 17.2 Å². The summed E-state index contributed by atoms with van der Waals surface area (Å²) in [7, 11) is -3.97. The average molecular weight is 477 g/mol. The van der Waals surface area contributed by atoms with Crippen LogP contribution in [-0.4, -0.2) is 55.0 Å². The van der Waals surface area contributed by atoms with Crippen LogP contribution in [0.1, 0.15) is 13.8 Å². The molecule has 1 atom stereocenters. The standard InChI is InChI=1S/C20H22F3NO7S/c1-19(2,12-25)18(24(27)13-26)11-32(28,29)17-9-7-15(8-10-17)30-14-3-5-16(6-4-14)31-20(21,22)23/h3-10,13,18,25,27H,11-12H2,1-2H3. The molecule has 0 saturated carbocycles. The number of benzene rings is 2. The third-order valence-electron chi connectivity index (χ3n) is 4.59. The van der Waals surface area contributed by atoms with E-state index >= 15 is 0 Å². The molecule has 176 valence electrons. The van der Waals surface area contributed by atoms with Gasteiger partial charge in [-0.2, -0.15) is 0 Å². The van der Waals surface area contributed by atoms with E-state index in [-0.39, 0.29) is 27.9 Å². The number of halogens is 3. The van der Waals surface area contributed by atoms with Crippen molar-refractivity contribution in [3.05, 3.63) is 48.5 Å². The monoisotopic (exact) mass is 477 g/mol. The maximum atomic E-state index is 12.8. The van der Waals surface area contributed by atoms with E-state index in [1.54, 1.807) is 0 Å². The molecule has 2 aromatic carbocycles. The van der Waals surface area contributed by atoms with Crippen molar-refractivity contribution in [2.45, 2.75) is 31.1 Å². The Kier molecular flexibility index (Phi) is 7.75. The van der Waals surface area contributed by atoms with Gasteiger partial charge in [0, 0.05) is 5.41 Å². The van der Waals surface area contributed by atoms with Crippen molar-refractivity contribution in [1.29, 1.82) is 0 Å². The molecule has 0 heterocycles. The molecule has 0 saturated heterocycles. The Hall–Kier alpha value is -2.83. The van der Waals surface area contributed by atoms with Crippen LogP contribution in [0.2, 0.25) is 0 Å². The largest absolute Gasteiger partial charge is 0.573 e. The number of aliphatic hydroxyl groups excluding tert-OH is 1. The average Bonchev–Trinajstić information content (AvgIpc) is 2.72. The highest BCUT2D eigenvalue weighted by atomic mass is 32.2. The summed E-state index contributed by atoms with van der Waals surface area (Å²) in [5.41, 5.74) is -1.10. The lowest BCUT2D eigenvalue weighted by molar-refractivity contribution is -0.274. The molecule has 0 fully saturated rings. The Labute approximate surface area is 182 Å². The summed E-state index contributed by atoms with van der Waals surface area (Å²) >= 11 is 0. The fourth-order valence-electron chi connectivity index (χ4n) is 2.70. The van der Waals surface area contributed by atoms with Gasteiger partial charge >= 0.3 is 6.36 Å². The number of hydrogen-bond acceptors (Lipinski definition) is 7. The molecule has 2 N–H and O–H groups in total. The lowest BCUT2D eigenvalue weighted by Gasteiger charge is -2.35. The lowest BCUT2D eigenvalue weighted by atomic mass is 9.86. The van der Waals surface area contributed by atoms with Crippen molar-refractivity contribution >= 4 is 16.2 Å². The van der Waals surface area contributed by atoms with Crippen LogP contribution in [0.25, 0.3) is 0 Å². The van der Waals surface area contributed by atoms with E-state index in [9.17, 15) is 36.7 Å². The third-order valence-corrected chi connectivity index (χ3v) is 6.34. The molecule has 0 radical (unpaired) electrons. The number of aliphatic hydroxyl groups is 1. The number of hydroxylamine groups is 2. The number of sulfone groups is 1. The number of rotatable bonds is 10. The summed E-state index contributed by atoms with van der Waals surface area (Å²) in [6, 6.07) is 8.62. The SMILES string of the molecule is CC(C)(CO)C(CS(=O)(=O)c1ccc(Oc2ccc(OC(F)(F)F)cc2)cc1)N(O)C=O. The zero-order valence-electron chi connectivity index (χ0n) is 17.1. The van der Waals surface area contributed by atoms with Crippen LogP contribution in [0.15, 0.2) is 53.4 Å². The van der Waals surface area contributed by atoms with Crippen LogP contribution < -0.4 is 9.47 Å². The van der Waals surface area contributed by atoms with Gasteiger partial charge in [0.2, 0.25) is 6.41 Å². The number of alkyl halides is 3. The molecule has 2 aromatic rings. The summed E-state index contributed by atoms with van der Waals surface area (Å²) in [6.07, 6.45) is -4.74. The number of amides is 1. The van der Waals surface area contributed by atoms with E-state index in [4.69, 9.17) is 4.74 Å². The van der Waals surface area contributed by atoms with Crippen molar-refractivity contribution in [2.24, 2.45) is 5.41 Å². The fraction of sp³-hybridized carbons (Fsp3) is 0.350. The molecule has 0 aliphatic rings. The molecule has 1 amide bonds. The first-order valence-corrected chi connectivity index (χ1v) is 10.8. The van der Waals surface area contributed by atoms with Gasteiger partial charge in [-0.15, -0.1) is 13.2 Å². The summed E-state index contributed by atoms with van der Waals surface area (Å²) < 4.78 is 71.4. The molecule has 2 rings (SSSR count). The zero-order chi connectivity index (χ0) is 24.2. The first-order chi connectivity index (χ1) is 14.8. The molecule has 0 spiro atoms. The van der Waals surface area contributed by atoms with Crippen molar-refractivity contribution in [1.82, 2.24) is 5.06 Å². The van der Waals surface area contributed by atoms with Crippen LogP contribution in [0.4, 0.5) is 13.2 Å². The zero-order valence-corrected chi connectivity index (χ0v) is 17.9. The summed E-state index contributed by atoms with van der Waals surface area (Å²) in [4.78, 5) is 10.8. The number of ether oxygens (including phenoxy) is 2. The van der Waals surface area contributed by atoms with Crippen molar-refractivity contribution < 1.29 is 46.2 Å². The van der Waals surface area contributed by atoms with Gasteiger partial charge in [0.1, 0.15) is 17.2 Å². The van der Waals surface area contributed by atoms with Crippen molar-refractivity contribution in [3.63, 3.8) is 0 Å². The Balaban J connectivity index is 2.14. The maximum Gasteiger partial charge on any atom is 0.573 e. The van der Waals surface area contributed by atoms with Gasteiger partial charge in [-0.05, 0) is 48.5 Å². The Morgan fingerprint density at radius 1 is 1.00 bits per heavy atom. The molecule has 0 bridgehead atoms. The van der Waals surface area contributed by atoms with Gasteiger partial charge in [0.05, 0.1) is 23.3 Å². The highest BCUT2D eigenvalue weighted by molar-refractivity contribution is 7.91. The second-order valence-electron chi connectivity index (χ2n) is 7.52. The minimum absolute atomic E-state index is 0.0690. The van der Waals surface area contributed by atoms with Crippen LogP contribution >= 0.6 is 0 Å². The van der Waals surface area contributed by atoms with Crippen LogP contribution in [-0.2, 0) is 14.6 Å². The van der Waals surface area contributed by atoms with E-state index in [2.05, 4.69) is 4.74 Å². The normalized spacial score (nSPS) is 13.3. The van der Waals surface area contributed by atoms with E-state index in [0.29, 0.717) is 0 Å². The minimum Gasteiger partial charge on any atom is -0.457 e. The predicted molar refractivity (Wildman–Crippen MR) is 106 cm³/mol. The fourth-order valence-corrected chi connectivity index (χ4v) is 4.47. The summed E-state index contributed by atoms with van der Waals surface area (Å²) in [6.45, 7) is 2.53. The highest BCUT2D eigenvalue weighted by Gasteiger charge is 2.37. The number of nitrogens with zero attached hydrogens (tertiary/aromatic N) is 1. The second-order valence-corrected chi connectivity index (χ2v) is 9.56. The van der Waals surface area contributed by atoms with E-state index in [1.807, 2.05) is 0 Å². The molecule has 8 nitrogen and oxygen atoms in total. The van der Waals surface area contributed by atoms with Gasteiger partial charge in [-0.25, -0.2) is 13.5 Å². The van der Waals surface area contributed by atoms with E-state index < -0.39 is 45.8 Å². The lowest BCUT2D eigenvalue weighted by Crippen LogP contribution is -2.49. The highest BCUT2D eigenvalue weighted by Crippen LogP contribution is 2.30. The molecule has 1 unspecified atom stereocenters. The smallest absolute Gasteiger partial charge is 0.457 e. The summed E-state index contributed by atoms with van der Waals surface area (Å²) in [5.74, 6) is -0.643. The Morgan fingerprint density at radius 3 is 1.91 bits per heavy atom. The quantitative estimate of drug-likeness (QED) is 0.306. The maximum absolute atomic E-state index is 12.8. The van der Waals surface area contributed by atoms with Gasteiger partial charge in [0.15, 0.2) is 9.84 Å².